The average Bonchev–Trinajstić information content (AvgIpc) is 2.44. The number of ether oxygens (including phenoxy) is 1. The molecule has 0 aliphatic rings. The van der Waals surface area contributed by atoms with Crippen LogP contribution >= 0.6 is 0 Å². The molecule has 7 heteroatoms. The van der Waals surface area contributed by atoms with E-state index < -0.39 is 4.92 Å². The minimum atomic E-state index is -0.415. The standard InChI is InChI=1S/C13H22N4O3/c1-5-8-14-12-7-6-11(17(18)19)13(15-12)16(3)10(2)9-20-4/h6-7,10H,5,8-9H2,1-4H3,(H,14,15). The molecule has 1 heterocycles. The van der Waals surface area contributed by atoms with Gasteiger partial charge >= 0.3 is 5.69 Å². The molecule has 1 rings (SSSR count). The number of nitrogens with zero attached hydrogens (tertiary/aromatic N) is 3. The Morgan fingerprint density at radius 2 is 2.25 bits per heavy atom. The van der Waals surface area contributed by atoms with Crippen LogP contribution in [0.25, 0.3) is 0 Å². The maximum atomic E-state index is 11.1. The van der Waals surface area contributed by atoms with Crippen molar-refractivity contribution in [1.82, 2.24) is 4.98 Å². The summed E-state index contributed by atoms with van der Waals surface area (Å²) in [6.45, 7) is 5.23. The molecule has 1 N–H and O–H groups in total. The van der Waals surface area contributed by atoms with Gasteiger partial charge in [-0.2, -0.15) is 0 Å². The third kappa shape index (κ3) is 4.06. The van der Waals surface area contributed by atoms with Crippen molar-refractivity contribution in [3.05, 3.63) is 22.2 Å². The first-order valence-corrected chi connectivity index (χ1v) is 6.62. The molecule has 0 aliphatic heterocycles. The van der Waals surface area contributed by atoms with E-state index in [9.17, 15) is 10.1 Å². The summed E-state index contributed by atoms with van der Waals surface area (Å²) in [5.41, 5.74) is -0.00231. The lowest BCUT2D eigenvalue weighted by Gasteiger charge is -2.25. The normalized spacial score (nSPS) is 12.0. The highest BCUT2D eigenvalue weighted by molar-refractivity contribution is 5.61. The molecule has 0 radical (unpaired) electrons. The Kier molecular flexibility index (Phi) is 6.17. The number of nitro groups is 1. The van der Waals surface area contributed by atoms with E-state index in [-0.39, 0.29) is 11.7 Å². The summed E-state index contributed by atoms with van der Waals surface area (Å²) < 4.78 is 5.09. The molecule has 1 atom stereocenters. The summed E-state index contributed by atoms with van der Waals surface area (Å²) in [7, 11) is 3.38. The lowest BCUT2D eigenvalue weighted by molar-refractivity contribution is -0.384. The summed E-state index contributed by atoms with van der Waals surface area (Å²) >= 11 is 0. The van der Waals surface area contributed by atoms with Crippen LogP contribution in [0.15, 0.2) is 12.1 Å². The average molecular weight is 282 g/mol. The second kappa shape index (κ2) is 7.64. The SMILES string of the molecule is CCCNc1ccc([N+](=O)[O-])c(N(C)C(C)COC)n1. The largest absolute Gasteiger partial charge is 0.383 e. The smallest absolute Gasteiger partial charge is 0.311 e. The maximum absolute atomic E-state index is 11.1. The van der Waals surface area contributed by atoms with Crippen molar-refractivity contribution in [3.8, 4) is 0 Å². The van der Waals surface area contributed by atoms with E-state index in [0.29, 0.717) is 18.2 Å². The van der Waals surface area contributed by atoms with Gasteiger partial charge in [-0.1, -0.05) is 6.92 Å². The number of anilines is 2. The predicted molar refractivity (Wildman–Crippen MR) is 79.4 cm³/mol. The Hall–Kier alpha value is -1.89. The molecule has 7 nitrogen and oxygen atoms in total. The molecule has 0 amide bonds. The van der Waals surface area contributed by atoms with Crippen molar-refractivity contribution in [1.29, 1.82) is 0 Å². The van der Waals surface area contributed by atoms with Crippen LogP contribution < -0.4 is 10.2 Å². The molecule has 1 aromatic heterocycles. The first kappa shape index (κ1) is 16.2. The quantitative estimate of drug-likeness (QED) is 0.582. The van der Waals surface area contributed by atoms with E-state index in [1.165, 1.54) is 6.07 Å². The number of pyridine rings is 1. The second-order valence-corrected chi connectivity index (χ2v) is 4.64. The van der Waals surface area contributed by atoms with Crippen LogP contribution in [0.4, 0.5) is 17.3 Å². The van der Waals surface area contributed by atoms with E-state index in [1.54, 1.807) is 25.1 Å². The number of rotatable bonds is 8. The fourth-order valence-corrected chi connectivity index (χ4v) is 1.76. The lowest BCUT2D eigenvalue weighted by Crippen LogP contribution is -2.33. The summed E-state index contributed by atoms with van der Waals surface area (Å²) in [5.74, 6) is 0.990. The number of aromatic nitrogens is 1. The highest BCUT2D eigenvalue weighted by Gasteiger charge is 2.22. The first-order chi connectivity index (χ1) is 9.51. The van der Waals surface area contributed by atoms with Crippen LogP contribution in [-0.2, 0) is 4.74 Å². The van der Waals surface area contributed by atoms with Gasteiger partial charge in [-0.3, -0.25) is 10.1 Å². The van der Waals surface area contributed by atoms with Gasteiger partial charge in [0.1, 0.15) is 5.82 Å². The van der Waals surface area contributed by atoms with Crippen LogP contribution in [0.3, 0.4) is 0 Å². The van der Waals surface area contributed by atoms with Gasteiger partial charge in [-0.05, 0) is 19.4 Å². The van der Waals surface area contributed by atoms with Crippen LogP contribution in [-0.4, -0.2) is 43.3 Å². The van der Waals surface area contributed by atoms with Crippen molar-refractivity contribution in [2.45, 2.75) is 26.3 Å². The Morgan fingerprint density at radius 1 is 1.55 bits per heavy atom. The number of hydrogen-bond donors (Lipinski definition) is 1. The first-order valence-electron chi connectivity index (χ1n) is 6.62. The van der Waals surface area contributed by atoms with Crippen molar-refractivity contribution in [3.63, 3.8) is 0 Å². The second-order valence-electron chi connectivity index (χ2n) is 4.64. The van der Waals surface area contributed by atoms with Crippen molar-refractivity contribution < 1.29 is 9.66 Å². The van der Waals surface area contributed by atoms with Crippen molar-refractivity contribution in [2.75, 3.05) is 37.5 Å². The monoisotopic (exact) mass is 282 g/mol. The lowest BCUT2D eigenvalue weighted by atomic mass is 10.3. The Balaban J connectivity index is 3.07. The Bertz CT molecular complexity index is 453. The third-order valence-corrected chi connectivity index (χ3v) is 3.01. The highest BCUT2D eigenvalue weighted by atomic mass is 16.6. The van der Waals surface area contributed by atoms with E-state index in [2.05, 4.69) is 10.3 Å². The highest BCUT2D eigenvalue weighted by Crippen LogP contribution is 2.28. The van der Waals surface area contributed by atoms with Gasteiger partial charge < -0.3 is 15.0 Å². The van der Waals surface area contributed by atoms with Crippen LogP contribution in [0.2, 0.25) is 0 Å². The molecule has 112 valence electrons. The van der Waals surface area contributed by atoms with E-state index >= 15 is 0 Å². The molecule has 0 bridgehead atoms. The summed E-state index contributed by atoms with van der Waals surface area (Å²) in [5, 5.41) is 14.3. The predicted octanol–water partition coefficient (Wildman–Crippen LogP) is 2.28. The van der Waals surface area contributed by atoms with Gasteiger partial charge in [-0.25, -0.2) is 4.98 Å². The van der Waals surface area contributed by atoms with Crippen molar-refractivity contribution >= 4 is 17.3 Å². The van der Waals surface area contributed by atoms with E-state index in [1.807, 2.05) is 13.8 Å². The number of likely N-dealkylation sites (N-methyl/N-ethyl adjacent to an activating group) is 1. The molecular weight excluding hydrogens is 260 g/mol. The Morgan fingerprint density at radius 3 is 2.80 bits per heavy atom. The molecule has 0 aliphatic carbocycles. The molecule has 0 aromatic carbocycles. The topological polar surface area (TPSA) is 80.5 Å². The minimum Gasteiger partial charge on any atom is -0.383 e. The van der Waals surface area contributed by atoms with Crippen LogP contribution in [0.1, 0.15) is 20.3 Å². The molecule has 0 fully saturated rings. The van der Waals surface area contributed by atoms with Gasteiger partial charge in [0.05, 0.1) is 17.6 Å². The van der Waals surface area contributed by atoms with Gasteiger partial charge in [0.2, 0.25) is 5.82 Å². The summed E-state index contributed by atoms with van der Waals surface area (Å²) in [4.78, 5) is 16.8. The fourth-order valence-electron chi connectivity index (χ4n) is 1.76. The number of hydrogen-bond acceptors (Lipinski definition) is 6. The molecule has 0 spiro atoms. The zero-order chi connectivity index (χ0) is 15.1. The zero-order valence-corrected chi connectivity index (χ0v) is 12.4. The molecule has 0 saturated carbocycles. The van der Waals surface area contributed by atoms with Gasteiger partial charge in [-0.15, -0.1) is 0 Å². The fraction of sp³-hybridized carbons (Fsp3) is 0.615. The summed E-state index contributed by atoms with van der Waals surface area (Å²) in [6, 6.07) is 3.11. The zero-order valence-electron chi connectivity index (χ0n) is 12.4. The molecule has 1 aromatic rings. The van der Waals surface area contributed by atoms with Gasteiger partial charge in [0.25, 0.3) is 0 Å². The molecule has 0 saturated heterocycles. The third-order valence-electron chi connectivity index (χ3n) is 3.01. The number of methoxy groups -OCH3 is 1. The molecule has 20 heavy (non-hydrogen) atoms. The van der Waals surface area contributed by atoms with E-state index in [4.69, 9.17) is 4.74 Å². The molecule has 1 unspecified atom stereocenters. The minimum absolute atomic E-state index is 0.00231. The van der Waals surface area contributed by atoms with Crippen LogP contribution in [0.5, 0.6) is 0 Å². The maximum Gasteiger partial charge on any atom is 0.311 e. The number of nitrogens with one attached hydrogen (secondary N) is 1. The van der Waals surface area contributed by atoms with Gasteiger partial charge in [0, 0.05) is 26.8 Å². The molecular formula is C13H22N4O3. The Labute approximate surface area is 119 Å². The summed E-state index contributed by atoms with van der Waals surface area (Å²) in [6.07, 6.45) is 0.962. The van der Waals surface area contributed by atoms with E-state index in [0.717, 1.165) is 13.0 Å². The van der Waals surface area contributed by atoms with Crippen LogP contribution in [0, 0.1) is 10.1 Å². The van der Waals surface area contributed by atoms with Gasteiger partial charge in [0.15, 0.2) is 0 Å². The van der Waals surface area contributed by atoms with Crippen molar-refractivity contribution in [2.24, 2.45) is 0 Å².